The van der Waals surface area contributed by atoms with Gasteiger partial charge in [0, 0.05) is 31.4 Å². The molecular weight excluding hydrogens is 494 g/mol. The second kappa shape index (κ2) is 9.33. The summed E-state index contributed by atoms with van der Waals surface area (Å²) in [5.41, 5.74) is -0.958. The molecule has 0 spiro atoms. The number of nitrogens with zero attached hydrogens (tertiary/aromatic N) is 4. The Bertz CT molecular complexity index is 1330. The van der Waals surface area contributed by atoms with Gasteiger partial charge in [0.2, 0.25) is 0 Å². The SMILES string of the molecule is Cc1cncc(Cl)c1NC(=O)c1cc(F)c(-n2nc3n(c2=O)CCCC3)cc1O[C@@H](C)C(F)(F)F. The van der Waals surface area contributed by atoms with E-state index in [1.54, 1.807) is 6.92 Å². The zero-order valence-electron chi connectivity index (χ0n) is 18.6. The van der Waals surface area contributed by atoms with Crippen LogP contribution in [0.3, 0.4) is 0 Å². The highest BCUT2D eigenvalue weighted by Gasteiger charge is 2.39. The average Bonchev–Trinajstić information content (AvgIpc) is 3.13. The summed E-state index contributed by atoms with van der Waals surface area (Å²) in [5.74, 6) is -2.15. The van der Waals surface area contributed by atoms with Crippen molar-refractivity contribution in [1.29, 1.82) is 0 Å². The summed E-state index contributed by atoms with van der Waals surface area (Å²) in [5, 5.41) is 6.68. The number of carbonyl (C=O) groups excluding carboxylic acids is 1. The highest BCUT2D eigenvalue weighted by Crippen LogP contribution is 2.32. The van der Waals surface area contributed by atoms with Gasteiger partial charge in [0.05, 0.1) is 16.3 Å². The molecule has 0 saturated heterocycles. The first-order valence-corrected chi connectivity index (χ1v) is 11.0. The Hall–Kier alpha value is -3.41. The van der Waals surface area contributed by atoms with Crippen molar-refractivity contribution in [2.45, 2.75) is 51.9 Å². The van der Waals surface area contributed by atoms with Crippen molar-refractivity contribution in [3.05, 3.63) is 62.8 Å². The lowest BCUT2D eigenvalue weighted by atomic mass is 10.1. The smallest absolute Gasteiger partial charge is 0.425 e. The van der Waals surface area contributed by atoms with Crippen LogP contribution in [0, 0.1) is 12.7 Å². The lowest BCUT2D eigenvalue weighted by Gasteiger charge is -2.20. The van der Waals surface area contributed by atoms with Gasteiger partial charge in [0.15, 0.2) is 6.10 Å². The van der Waals surface area contributed by atoms with Gasteiger partial charge in [-0.25, -0.2) is 9.18 Å². The van der Waals surface area contributed by atoms with Crippen LogP contribution >= 0.6 is 11.6 Å². The van der Waals surface area contributed by atoms with Crippen LogP contribution in [0.5, 0.6) is 5.75 Å². The van der Waals surface area contributed by atoms with Crippen molar-refractivity contribution in [2.75, 3.05) is 5.32 Å². The lowest BCUT2D eigenvalue weighted by Crippen LogP contribution is -2.32. The number of amides is 1. The first-order valence-electron chi connectivity index (χ1n) is 10.6. The Morgan fingerprint density at radius 2 is 2.00 bits per heavy atom. The molecule has 1 aliphatic rings. The first-order chi connectivity index (χ1) is 16.5. The number of ether oxygens (including phenoxy) is 1. The zero-order valence-corrected chi connectivity index (χ0v) is 19.4. The van der Waals surface area contributed by atoms with Crippen molar-refractivity contribution < 1.29 is 27.1 Å². The molecule has 0 bridgehead atoms. The minimum Gasteiger partial charge on any atom is -0.480 e. The largest absolute Gasteiger partial charge is 0.480 e. The van der Waals surface area contributed by atoms with Crippen LogP contribution in [-0.2, 0) is 13.0 Å². The first kappa shape index (κ1) is 24.7. The van der Waals surface area contributed by atoms with Crippen LogP contribution in [0.25, 0.3) is 5.69 Å². The molecule has 35 heavy (non-hydrogen) atoms. The summed E-state index contributed by atoms with van der Waals surface area (Å²) in [7, 11) is 0. The van der Waals surface area contributed by atoms with Gasteiger partial charge >= 0.3 is 11.9 Å². The van der Waals surface area contributed by atoms with Gasteiger partial charge in [-0.1, -0.05) is 11.6 Å². The van der Waals surface area contributed by atoms with Gasteiger partial charge < -0.3 is 10.1 Å². The number of fused-ring (bicyclic) bond motifs is 1. The molecule has 0 radical (unpaired) electrons. The summed E-state index contributed by atoms with van der Waals surface area (Å²) in [6.07, 6.45) is -2.36. The maximum atomic E-state index is 15.2. The van der Waals surface area contributed by atoms with Crippen LogP contribution in [0.2, 0.25) is 5.02 Å². The number of hydrogen-bond acceptors (Lipinski definition) is 5. The molecule has 3 aromatic rings. The van der Waals surface area contributed by atoms with Crippen LogP contribution in [-0.4, -0.2) is 37.5 Å². The van der Waals surface area contributed by atoms with E-state index in [-0.39, 0.29) is 10.7 Å². The summed E-state index contributed by atoms with van der Waals surface area (Å²) < 4.78 is 62.1. The second-order valence-electron chi connectivity index (χ2n) is 8.09. The van der Waals surface area contributed by atoms with Crippen molar-refractivity contribution >= 4 is 23.2 Å². The summed E-state index contributed by atoms with van der Waals surface area (Å²) in [6, 6.07) is 1.58. The minimum atomic E-state index is -4.77. The van der Waals surface area contributed by atoms with Crippen LogP contribution in [0.15, 0.2) is 29.3 Å². The van der Waals surface area contributed by atoms with Crippen LogP contribution in [0.1, 0.15) is 41.5 Å². The van der Waals surface area contributed by atoms with Crippen molar-refractivity contribution in [3.63, 3.8) is 0 Å². The molecule has 1 N–H and O–H groups in total. The number of anilines is 1. The summed E-state index contributed by atoms with van der Waals surface area (Å²) in [6.45, 7) is 2.75. The molecule has 1 atom stereocenters. The fraction of sp³-hybridized carbons (Fsp3) is 0.364. The molecule has 4 rings (SSSR count). The third-order valence-electron chi connectivity index (χ3n) is 5.59. The summed E-state index contributed by atoms with van der Waals surface area (Å²) >= 11 is 6.07. The predicted molar refractivity (Wildman–Crippen MR) is 119 cm³/mol. The molecule has 3 heterocycles. The number of aromatic nitrogens is 4. The topological polar surface area (TPSA) is 91.0 Å². The van der Waals surface area contributed by atoms with E-state index < -0.39 is 46.7 Å². The predicted octanol–water partition coefficient (Wildman–Crippen LogP) is 4.45. The molecule has 186 valence electrons. The molecule has 0 saturated carbocycles. The lowest BCUT2D eigenvalue weighted by molar-refractivity contribution is -0.189. The highest BCUT2D eigenvalue weighted by molar-refractivity contribution is 6.34. The summed E-state index contributed by atoms with van der Waals surface area (Å²) in [4.78, 5) is 29.6. The Morgan fingerprint density at radius 1 is 1.26 bits per heavy atom. The van der Waals surface area contributed by atoms with Crippen molar-refractivity contribution in [1.82, 2.24) is 19.3 Å². The van der Waals surface area contributed by atoms with E-state index in [0.717, 1.165) is 30.5 Å². The molecule has 1 amide bonds. The molecule has 2 aromatic heterocycles. The van der Waals surface area contributed by atoms with Gasteiger partial charge in [0.1, 0.15) is 23.1 Å². The molecule has 0 aliphatic carbocycles. The standard InChI is InChI=1S/C22H20ClF4N5O3/c1-11-9-28-10-14(23)19(11)29-20(33)13-7-15(24)16(8-17(13)35-12(2)22(25,26)27)32-21(34)31-6-4-3-5-18(31)30-32/h7-10,12H,3-6H2,1-2H3,(H,28,29,33)/t12-/m0/s1. The average molecular weight is 514 g/mol. The number of benzene rings is 1. The van der Waals surface area contributed by atoms with E-state index in [1.165, 1.54) is 17.0 Å². The number of nitrogens with one attached hydrogen (secondary N) is 1. The Balaban J connectivity index is 1.81. The highest BCUT2D eigenvalue weighted by atomic mass is 35.5. The van der Waals surface area contributed by atoms with E-state index in [2.05, 4.69) is 15.4 Å². The third-order valence-corrected chi connectivity index (χ3v) is 5.87. The number of carbonyl (C=O) groups is 1. The van der Waals surface area contributed by atoms with E-state index in [4.69, 9.17) is 16.3 Å². The van der Waals surface area contributed by atoms with Gasteiger partial charge in [-0.15, -0.1) is 5.10 Å². The second-order valence-corrected chi connectivity index (χ2v) is 8.50. The van der Waals surface area contributed by atoms with Gasteiger partial charge in [-0.3, -0.25) is 14.3 Å². The molecule has 13 heteroatoms. The van der Waals surface area contributed by atoms with Crippen molar-refractivity contribution in [2.24, 2.45) is 0 Å². The van der Waals surface area contributed by atoms with Gasteiger partial charge in [0.25, 0.3) is 5.91 Å². The molecule has 1 aliphatic heterocycles. The van der Waals surface area contributed by atoms with E-state index in [1.807, 2.05) is 0 Å². The number of aryl methyl sites for hydroxylation is 2. The number of rotatable bonds is 5. The Kier molecular flexibility index (Phi) is 6.58. The van der Waals surface area contributed by atoms with Gasteiger partial charge in [-0.05, 0) is 38.3 Å². The van der Waals surface area contributed by atoms with E-state index in [9.17, 15) is 22.8 Å². The number of halogens is 5. The maximum absolute atomic E-state index is 15.2. The monoisotopic (exact) mass is 513 g/mol. The molecule has 0 unspecified atom stereocenters. The Morgan fingerprint density at radius 3 is 2.66 bits per heavy atom. The number of pyridine rings is 1. The van der Waals surface area contributed by atoms with E-state index >= 15 is 4.39 Å². The third kappa shape index (κ3) is 4.88. The van der Waals surface area contributed by atoms with Crippen LogP contribution < -0.4 is 15.7 Å². The quantitative estimate of drug-likeness (QED) is 0.509. The zero-order chi connectivity index (χ0) is 25.5. The molecule has 1 aromatic carbocycles. The van der Waals surface area contributed by atoms with E-state index in [0.29, 0.717) is 30.4 Å². The molecular formula is C22H20ClF4N5O3. The fourth-order valence-electron chi connectivity index (χ4n) is 3.66. The number of hydrogen-bond donors (Lipinski definition) is 1. The molecule has 0 fully saturated rings. The van der Waals surface area contributed by atoms with Crippen LogP contribution in [0.4, 0.5) is 23.2 Å². The Labute approximate surface area is 201 Å². The van der Waals surface area contributed by atoms with Crippen molar-refractivity contribution in [3.8, 4) is 11.4 Å². The maximum Gasteiger partial charge on any atom is 0.425 e. The van der Waals surface area contributed by atoms with Gasteiger partial charge in [-0.2, -0.15) is 17.9 Å². The molecule has 8 nitrogen and oxygen atoms in total. The minimum absolute atomic E-state index is 0.0803. The fourth-order valence-corrected chi connectivity index (χ4v) is 3.92. The normalized spacial score (nSPS) is 14.4. The number of alkyl halides is 3.